The molecule has 13 rings (SSSR count). The van der Waals surface area contributed by atoms with Crippen LogP contribution in [0.1, 0.15) is 413 Å². The van der Waals surface area contributed by atoms with E-state index in [0.717, 1.165) is 172 Å². The van der Waals surface area contributed by atoms with Crippen LogP contribution in [0.25, 0.3) is 0 Å². The molecule has 9 heterocycles. The highest BCUT2D eigenvalue weighted by Gasteiger charge is 2.50. The lowest BCUT2D eigenvalue weighted by Gasteiger charge is -2.27. The number of imide groups is 8. The van der Waals surface area contributed by atoms with Gasteiger partial charge in [0.15, 0.2) is 0 Å². The van der Waals surface area contributed by atoms with Gasteiger partial charge in [0.25, 0.3) is 48.7 Å². The van der Waals surface area contributed by atoms with Crippen LogP contribution in [0, 0.1) is 24.2 Å². The summed E-state index contributed by atoms with van der Waals surface area (Å²) in [5.74, 6) is 1.00. The first-order chi connectivity index (χ1) is 70.9. The summed E-state index contributed by atoms with van der Waals surface area (Å²) in [5.41, 5.74) is 3.31. The molecule has 4 aromatic carbocycles. The van der Waals surface area contributed by atoms with Gasteiger partial charge in [-0.05, 0) is 222 Å². The van der Waals surface area contributed by atoms with Crippen molar-refractivity contribution in [2.45, 2.75) is 367 Å². The molecule has 0 saturated carbocycles. The molecule has 19 amide bonds. The fourth-order valence-corrected chi connectivity index (χ4v) is 18.6. The number of piperidine rings is 4. The Hall–Kier alpha value is -12.4. The number of nitrogens with one attached hydrogen (secondary N) is 4. The number of ether oxygens (including phenoxy) is 4. The molecule has 34 nitrogen and oxygen atoms in total. The number of halogens is 3. The van der Waals surface area contributed by atoms with Gasteiger partial charge in [0.1, 0.15) is 41.0 Å². The second kappa shape index (κ2) is 61.7. The predicted molar refractivity (Wildman–Crippen MR) is 565 cm³/mol. The average molecular weight is 2160 g/mol. The van der Waals surface area contributed by atoms with E-state index in [0.29, 0.717) is 58.2 Å². The molecular weight excluding hydrogens is 2000 g/mol. The molecule has 5 fully saturated rings. The average Bonchev–Trinajstić information content (AvgIpc) is 1.60. The largest absolute Gasteiger partial charge is 0.444 e. The molecule has 0 radical (unpaired) electrons. The summed E-state index contributed by atoms with van der Waals surface area (Å²) in [6.07, 6.45) is 39.6. The van der Waals surface area contributed by atoms with Crippen molar-refractivity contribution in [2.75, 3.05) is 54.0 Å². The fourth-order valence-electron chi connectivity index (χ4n) is 18.0. The third kappa shape index (κ3) is 38.2. The number of carbonyl (C=O) groups is 19. The maximum absolute atomic E-state index is 13.2. The minimum atomic E-state index is -0.991. The Bertz CT molecular complexity index is 5530. The highest BCUT2D eigenvalue weighted by molar-refractivity contribution is 9.10. The maximum atomic E-state index is 13.2. The number of fused-ring (bicyclic) bond motifs is 4. The van der Waals surface area contributed by atoms with Gasteiger partial charge in [-0.1, -0.05) is 177 Å². The van der Waals surface area contributed by atoms with E-state index >= 15 is 0 Å². The van der Waals surface area contributed by atoms with Crippen molar-refractivity contribution in [1.82, 2.24) is 55.6 Å². The molecule has 0 bridgehead atoms. The number of aryl methyl sites for hydroxylation is 2. The number of hydrogen-bond acceptors (Lipinski definition) is 23. The smallest absolute Gasteiger partial charge is 0.410 e. The van der Waals surface area contributed by atoms with Crippen molar-refractivity contribution in [1.29, 1.82) is 1.45 Å². The molecule has 814 valence electrons. The summed E-state index contributed by atoms with van der Waals surface area (Å²) in [6.45, 7) is 23.1. The first-order valence-corrected chi connectivity index (χ1v) is 53.0. The van der Waals surface area contributed by atoms with E-state index < -0.39 is 118 Å². The van der Waals surface area contributed by atoms with Crippen molar-refractivity contribution < 1.29 is 115 Å². The molecule has 4 unspecified atom stereocenters. The van der Waals surface area contributed by atoms with Gasteiger partial charge in [-0.2, -0.15) is 0 Å². The van der Waals surface area contributed by atoms with Crippen molar-refractivity contribution in [3.63, 3.8) is 0 Å². The van der Waals surface area contributed by atoms with E-state index in [1.54, 1.807) is 96.5 Å². The number of rotatable bonds is 38. The van der Waals surface area contributed by atoms with Crippen LogP contribution in [0.3, 0.4) is 0 Å². The van der Waals surface area contributed by atoms with Crippen LogP contribution in [-0.2, 0) is 70.1 Å². The van der Waals surface area contributed by atoms with E-state index in [1.807, 2.05) is 74.4 Å². The lowest BCUT2D eigenvalue weighted by molar-refractivity contribution is -0.137. The zero-order valence-corrected chi connectivity index (χ0v) is 91.2. The van der Waals surface area contributed by atoms with Crippen LogP contribution >= 0.6 is 28.3 Å². The highest BCUT2D eigenvalue weighted by Crippen LogP contribution is 2.37. The Morgan fingerprint density at radius 1 is 0.389 bits per heavy atom. The molecule has 4 aromatic rings. The van der Waals surface area contributed by atoms with Gasteiger partial charge in [0.2, 0.25) is 47.3 Å². The third-order valence-corrected chi connectivity index (χ3v) is 26.4. The van der Waals surface area contributed by atoms with E-state index in [9.17, 15) is 91.1 Å². The minimum Gasteiger partial charge on any atom is -0.444 e. The van der Waals surface area contributed by atoms with Crippen molar-refractivity contribution >= 4 is 141 Å². The number of hydrogen-bond donors (Lipinski definition) is 4. The zero-order chi connectivity index (χ0) is 110. The number of carbonyl (C=O) groups excluding carboxylic acids is 19. The molecule has 4 atom stereocenters. The van der Waals surface area contributed by atoms with Gasteiger partial charge in [-0.3, -0.25) is 122 Å². The van der Waals surface area contributed by atoms with Crippen LogP contribution < -0.4 is 21.3 Å². The lowest BCUT2D eigenvalue weighted by atomic mass is 9.97. The Morgan fingerprint density at radius 2 is 0.664 bits per heavy atom. The van der Waals surface area contributed by atoms with Crippen molar-refractivity contribution in [2.24, 2.45) is 0 Å². The van der Waals surface area contributed by atoms with E-state index in [4.69, 9.17) is 30.1 Å². The molecule has 9 aliphatic heterocycles. The molecule has 149 heavy (non-hydrogen) atoms. The molecule has 4 N–H and O–H groups in total. The first kappa shape index (κ1) is 124. The second-order valence-electron chi connectivity index (χ2n) is 41.2. The first-order valence-electron chi connectivity index (χ1n) is 52.6. The summed E-state index contributed by atoms with van der Waals surface area (Å²) >= 11 is 3.24. The standard InChI is InChI=1S/C28H39N3O6.C28H35N3O6.C24H32N2O4.C15H27NO2.C13H9BrN2O4.C4H8O.ClH.FH/c2*1-28(2,3)37-27(36)30(4)18-11-9-7-5-6-8-10-13-19-14-12-15-20-23(19)26(35)31(25(20)34)21-16-17-22(32)29-24(21)33;1-2-3-4-5-6-7-8-9-10-12-17-13-11-14-18-21(17)24(30)26(23(18)29)19-15-16-20(27)25-22(19)28;1-6-7-8-9-10-11-12-13-16(5)14(17)18-15(2,3)4;14-7-3-1-2-6-10(7)13(20)16(12(6)19)8-4-5-9(17)15-11(8)18;1-2-4-5-3-1;;/h12,14-15,21H,5-11,13,16-18H2,1-4H3,(H,29,32,33);12,14-15,21H,5-9,11,16-18H2,1-4H3,(H,29,32,33);11,13-14,19H,2-10,12,15-16H2,1H3,(H,25,27,28);1H,7-13H2,2-5H3;1-3,8H,4-5H2,(H,15,17,18);1-4H2;2*1H/i/hT. The number of terminal acetylenes is 1. The molecule has 5 saturated heterocycles. The summed E-state index contributed by atoms with van der Waals surface area (Å²) in [7, 11) is 5.29. The summed E-state index contributed by atoms with van der Waals surface area (Å²) in [4.78, 5) is 241. The normalized spacial score (nSPS) is 17.5. The van der Waals surface area contributed by atoms with Crippen LogP contribution in [0.5, 0.6) is 0 Å². The maximum Gasteiger partial charge on any atom is 0.410 e. The van der Waals surface area contributed by atoms with E-state index in [1.165, 1.54) is 70.6 Å². The van der Waals surface area contributed by atoms with Crippen molar-refractivity contribution in [3.8, 4) is 24.2 Å². The van der Waals surface area contributed by atoms with Gasteiger partial charge in [0.05, 0.1) is 44.5 Å². The van der Waals surface area contributed by atoms with Gasteiger partial charge < -0.3 is 33.6 Å². The Balaban J connectivity index is 0.000000287. The van der Waals surface area contributed by atoms with Crippen LogP contribution in [-0.4, -0.2) is 244 Å². The summed E-state index contributed by atoms with van der Waals surface area (Å²) in [5, 5.41) is 8.81. The number of benzene rings is 4. The highest BCUT2D eigenvalue weighted by atomic mass is 79.9. The van der Waals surface area contributed by atoms with Crippen LogP contribution in [0.4, 0.5) is 19.1 Å². The van der Waals surface area contributed by atoms with Crippen LogP contribution in [0.15, 0.2) is 77.3 Å². The van der Waals surface area contributed by atoms with Crippen LogP contribution in [0.2, 0.25) is 0 Å². The zero-order valence-electron chi connectivity index (χ0n) is 89.8. The molecule has 37 heteroatoms. The Morgan fingerprint density at radius 3 is 0.966 bits per heavy atom. The van der Waals surface area contributed by atoms with E-state index in [-0.39, 0.29) is 122 Å². The summed E-state index contributed by atoms with van der Waals surface area (Å²) < 4.78 is 34.4. The number of nitrogens with zero attached hydrogens (tertiary/aromatic N) is 7. The quantitative estimate of drug-likeness (QED) is 0.0140. The van der Waals surface area contributed by atoms with E-state index in [2.05, 4.69) is 63.3 Å². The number of amides is 19. The molecule has 0 aliphatic carbocycles. The van der Waals surface area contributed by atoms with Gasteiger partial charge >= 0.3 is 18.3 Å². The van der Waals surface area contributed by atoms with Gasteiger partial charge in [0, 0.05) is 103 Å². The lowest BCUT2D eigenvalue weighted by Crippen LogP contribution is -2.54. The SMILES string of the molecule is C#CCCCCCCCN(C)C(=O)OC(C)(C)C.C1CCOC1.CCCCCCCCCCCc1cccc2c1C(=O)N(C1CCC(=O)NC1=O)C2=O.CN(CCCCCCCC#Cc1cccc2c1C(=O)N(C1CCC(=O)NC1=O)C2=O)C(=O)OC(C)(C)C.CN(CCCCCCCCCc1cccc2c1C(=O)N(C1CCC(=O)NC1=O)C2=O)C(=O)OC(C)(C)C.Cl.O=C1CCC(N2C(=O)c3cccc(Br)c3C2=O)C(=O)N1.[3H]F. The fraction of sp³-hybridized carbons (Fsp3) is 0.580. The minimum absolute atomic E-state index is 0. The monoisotopic (exact) mass is 2150 g/mol. The molecule has 0 spiro atoms. The second-order valence-corrected chi connectivity index (χ2v) is 42.1. The molecular formula is C112H152BrClFN11O23. The molecule has 0 aromatic heterocycles. The summed E-state index contributed by atoms with van der Waals surface area (Å²) in [6, 6.07) is 16.7. The molecule has 9 aliphatic rings. The Labute approximate surface area is 891 Å². The van der Waals surface area contributed by atoms with Gasteiger partial charge in [-0.25, -0.2) is 14.4 Å². The number of unbranched alkanes of at least 4 members (excludes halogenated alkanes) is 24. The topological polar surface area (TPSA) is 432 Å². The van der Waals surface area contributed by atoms with Gasteiger partial charge in [-0.15, -0.1) is 24.8 Å². The van der Waals surface area contributed by atoms with Crippen molar-refractivity contribution in [3.05, 3.63) is 138 Å². The Kier molecular flexibility index (Phi) is 51.1. The third-order valence-electron chi connectivity index (χ3n) is 25.8. The predicted octanol–water partition coefficient (Wildman–Crippen LogP) is 18.1.